The summed E-state index contributed by atoms with van der Waals surface area (Å²) >= 11 is 0. The van der Waals surface area contributed by atoms with Crippen LogP contribution in [0.5, 0.6) is 0 Å². The number of nitrogens with zero attached hydrogens (tertiary/aromatic N) is 2. The van der Waals surface area contributed by atoms with Crippen LogP contribution in [0.4, 0.5) is 4.79 Å². The van der Waals surface area contributed by atoms with Crippen LogP contribution in [0.15, 0.2) is 12.3 Å². The third-order valence-corrected chi connectivity index (χ3v) is 3.95. The van der Waals surface area contributed by atoms with E-state index in [1.165, 1.54) is 0 Å². The molecule has 0 spiro atoms. The van der Waals surface area contributed by atoms with E-state index in [1.807, 2.05) is 16.9 Å². The Morgan fingerprint density at radius 3 is 2.76 bits per heavy atom. The Bertz CT molecular complexity index is 452. The predicted molar refractivity (Wildman–Crippen MR) is 81.0 cm³/mol. The van der Waals surface area contributed by atoms with Crippen LogP contribution in [0.1, 0.15) is 45.3 Å². The molecule has 2 N–H and O–H groups in total. The Hall–Kier alpha value is -1.56. The van der Waals surface area contributed by atoms with Gasteiger partial charge in [-0.1, -0.05) is 0 Å². The highest BCUT2D eigenvalue weighted by Gasteiger charge is 2.21. The molecule has 1 aromatic heterocycles. The molecule has 0 bridgehead atoms. The average Bonchev–Trinajstić information content (AvgIpc) is 2.95. The molecule has 0 aliphatic carbocycles. The Morgan fingerprint density at radius 1 is 1.43 bits per heavy atom. The van der Waals surface area contributed by atoms with Crippen molar-refractivity contribution in [2.24, 2.45) is 5.92 Å². The molecule has 1 fully saturated rings. The summed E-state index contributed by atoms with van der Waals surface area (Å²) in [6.07, 6.45) is 3.96. The second kappa shape index (κ2) is 7.45. The monoisotopic (exact) mass is 294 g/mol. The molecule has 6 heteroatoms. The first-order valence-electron chi connectivity index (χ1n) is 7.72. The molecule has 1 unspecified atom stereocenters. The Kier molecular flexibility index (Phi) is 5.61. The van der Waals surface area contributed by atoms with Crippen LogP contribution in [0.25, 0.3) is 0 Å². The summed E-state index contributed by atoms with van der Waals surface area (Å²) in [5, 5.41) is 10.3. The van der Waals surface area contributed by atoms with Crippen LogP contribution in [-0.2, 0) is 11.3 Å². The first-order valence-corrected chi connectivity index (χ1v) is 7.72. The topological polar surface area (TPSA) is 68.2 Å². The Morgan fingerprint density at radius 2 is 2.14 bits per heavy atom. The zero-order chi connectivity index (χ0) is 15.2. The van der Waals surface area contributed by atoms with Crippen LogP contribution < -0.4 is 10.6 Å². The zero-order valence-electron chi connectivity index (χ0n) is 13.1. The van der Waals surface area contributed by atoms with Gasteiger partial charge in [-0.2, -0.15) is 5.10 Å². The van der Waals surface area contributed by atoms with Gasteiger partial charge in [0.1, 0.15) is 0 Å². The maximum absolute atomic E-state index is 11.9. The van der Waals surface area contributed by atoms with E-state index in [9.17, 15) is 4.79 Å². The fourth-order valence-electron chi connectivity index (χ4n) is 2.52. The van der Waals surface area contributed by atoms with Gasteiger partial charge in [0, 0.05) is 31.5 Å². The van der Waals surface area contributed by atoms with E-state index in [0.29, 0.717) is 18.5 Å². The number of carbonyl (C=O) groups excluding carboxylic acids is 1. The predicted octanol–water partition coefficient (Wildman–Crippen LogP) is 2.08. The summed E-state index contributed by atoms with van der Waals surface area (Å²) in [5.74, 6) is 0.504. The molecular weight excluding hydrogens is 268 g/mol. The Balaban J connectivity index is 1.73. The van der Waals surface area contributed by atoms with Crippen molar-refractivity contribution in [2.45, 2.75) is 52.2 Å². The summed E-state index contributed by atoms with van der Waals surface area (Å²) in [4.78, 5) is 11.9. The first-order chi connectivity index (χ1) is 10.1. The van der Waals surface area contributed by atoms with Crippen molar-refractivity contribution in [1.29, 1.82) is 0 Å². The third-order valence-electron chi connectivity index (χ3n) is 3.95. The summed E-state index contributed by atoms with van der Waals surface area (Å²) in [6.45, 7) is 8.25. The number of ether oxygens (including phenoxy) is 1. The lowest BCUT2D eigenvalue weighted by Crippen LogP contribution is -2.45. The number of hydrogen-bond donors (Lipinski definition) is 2. The lowest BCUT2D eigenvalue weighted by Gasteiger charge is -2.28. The van der Waals surface area contributed by atoms with Gasteiger partial charge in [0.25, 0.3) is 0 Å². The van der Waals surface area contributed by atoms with Crippen molar-refractivity contribution in [2.75, 3.05) is 13.2 Å². The molecule has 0 radical (unpaired) electrons. The molecule has 6 nitrogen and oxygen atoms in total. The number of urea groups is 1. The van der Waals surface area contributed by atoms with E-state index in [4.69, 9.17) is 4.74 Å². The van der Waals surface area contributed by atoms with Crippen molar-refractivity contribution < 1.29 is 9.53 Å². The molecule has 1 saturated heterocycles. The number of hydrogen-bond acceptors (Lipinski definition) is 3. The molecule has 2 rings (SSSR count). The van der Waals surface area contributed by atoms with Gasteiger partial charge in [0.05, 0.1) is 12.2 Å². The zero-order valence-corrected chi connectivity index (χ0v) is 13.1. The lowest BCUT2D eigenvalue weighted by atomic mass is 9.93. The molecule has 1 aliphatic heterocycles. The van der Waals surface area contributed by atoms with E-state index in [0.717, 1.165) is 31.7 Å². The highest BCUT2D eigenvalue weighted by atomic mass is 16.5. The van der Waals surface area contributed by atoms with Gasteiger partial charge in [-0.15, -0.1) is 0 Å². The number of nitrogens with one attached hydrogen (secondary N) is 2. The van der Waals surface area contributed by atoms with Gasteiger partial charge in [-0.3, -0.25) is 4.68 Å². The third kappa shape index (κ3) is 4.74. The highest BCUT2D eigenvalue weighted by Crippen LogP contribution is 2.18. The molecular formula is C15H26N4O2. The minimum Gasteiger partial charge on any atom is -0.381 e. The fourth-order valence-corrected chi connectivity index (χ4v) is 2.52. The molecule has 1 aliphatic rings. The molecule has 118 valence electrons. The SMILES string of the molecule is CC(NC(=O)NCc1ccn(C(C)C)n1)C1CCOCC1. The summed E-state index contributed by atoms with van der Waals surface area (Å²) < 4.78 is 7.23. The van der Waals surface area contributed by atoms with Crippen molar-refractivity contribution >= 4 is 6.03 Å². The minimum absolute atomic E-state index is 0.131. The van der Waals surface area contributed by atoms with Gasteiger partial charge < -0.3 is 15.4 Å². The van der Waals surface area contributed by atoms with Crippen LogP contribution in [0.2, 0.25) is 0 Å². The largest absolute Gasteiger partial charge is 0.381 e. The van der Waals surface area contributed by atoms with Gasteiger partial charge in [-0.05, 0) is 45.6 Å². The van der Waals surface area contributed by atoms with E-state index in [1.54, 1.807) is 0 Å². The fraction of sp³-hybridized carbons (Fsp3) is 0.733. The maximum atomic E-state index is 11.9. The number of amides is 2. The van der Waals surface area contributed by atoms with Crippen molar-refractivity contribution in [3.8, 4) is 0 Å². The minimum atomic E-state index is -0.131. The van der Waals surface area contributed by atoms with Gasteiger partial charge in [0.15, 0.2) is 0 Å². The molecule has 0 aromatic carbocycles. The number of rotatable bonds is 5. The second-order valence-electron chi connectivity index (χ2n) is 5.95. The van der Waals surface area contributed by atoms with Crippen molar-refractivity contribution in [1.82, 2.24) is 20.4 Å². The van der Waals surface area contributed by atoms with Crippen LogP contribution in [0, 0.1) is 5.92 Å². The van der Waals surface area contributed by atoms with Crippen molar-refractivity contribution in [3.63, 3.8) is 0 Å². The summed E-state index contributed by atoms with van der Waals surface area (Å²) in [5.41, 5.74) is 0.873. The average molecular weight is 294 g/mol. The summed E-state index contributed by atoms with van der Waals surface area (Å²) in [6, 6.07) is 2.30. The van der Waals surface area contributed by atoms with Gasteiger partial charge >= 0.3 is 6.03 Å². The molecule has 2 heterocycles. The molecule has 1 atom stereocenters. The second-order valence-corrected chi connectivity index (χ2v) is 5.95. The lowest BCUT2D eigenvalue weighted by molar-refractivity contribution is 0.0571. The van der Waals surface area contributed by atoms with E-state index in [-0.39, 0.29) is 12.1 Å². The number of aromatic nitrogens is 2. The smallest absolute Gasteiger partial charge is 0.315 e. The van der Waals surface area contributed by atoms with Crippen LogP contribution >= 0.6 is 0 Å². The van der Waals surface area contributed by atoms with Crippen molar-refractivity contribution in [3.05, 3.63) is 18.0 Å². The highest BCUT2D eigenvalue weighted by molar-refractivity contribution is 5.74. The standard InChI is InChI=1S/C15H26N4O2/c1-11(2)19-7-4-14(18-19)10-16-15(20)17-12(3)13-5-8-21-9-6-13/h4,7,11-13H,5-6,8-10H2,1-3H3,(H2,16,17,20). The maximum Gasteiger partial charge on any atom is 0.315 e. The summed E-state index contributed by atoms with van der Waals surface area (Å²) in [7, 11) is 0. The quantitative estimate of drug-likeness (QED) is 0.873. The van der Waals surface area contributed by atoms with E-state index < -0.39 is 0 Å². The molecule has 1 aromatic rings. The Labute approximate surface area is 126 Å². The first kappa shape index (κ1) is 15.8. The normalized spacial score (nSPS) is 17.7. The van der Waals surface area contributed by atoms with Crippen LogP contribution in [-0.4, -0.2) is 35.1 Å². The van der Waals surface area contributed by atoms with E-state index >= 15 is 0 Å². The number of carbonyl (C=O) groups is 1. The van der Waals surface area contributed by atoms with Gasteiger partial charge in [0.2, 0.25) is 0 Å². The molecule has 0 saturated carbocycles. The molecule has 2 amide bonds. The van der Waals surface area contributed by atoms with E-state index in [2.05, 4.69) is 36.5 Å². The molecule has 21 heavy (non-hydrogen) atoms. The van der Waals surface area contributed by atoms with Crippen LogP contribution in [0.3, 0.4) is 0 Å². The van der Waals surface area contributed by atoms with Gasteiger partial charge in [-0.25, -0.2) is 4.79 Å².